The van der Waals surface area contributed by atoms with Crippen LogP contribution in [0.5, 0.6) is 5.75 Å². The summed E-state index contributed by atoms with van der Waals surface area (Å²) >= 11 is 0. The number of carboxylic acids is 1. The Kier molecular flexibility index (Phi) is 4.97. The summed E-state index contributed by atoms with van der Waals surface area (Å²) in [6.45, 7) is 0.584. The Bertz CT molecular complexity index is 1010. The average Bonchev–Trinajstić information content (AvgIpc) is 3.14. The third-order valence-corrected chi connectivity index (χ3v) is 4.77. The minimum Gasteiger partial charge on any atom is -0.506 e. The Balaban J connectivity index is 2.25. The molecule has 7 nitrogen and oxygen atoms in total. The van der Waals surface area contributed by atoms with E-state index in [1.165, 1.54) is 6.07 Å². The van der Waals surface area contributed by atoms with Gasteiger partial charge < -0.3 is 19.5 Å². The third-order valence-electron chi connectivity index (χ3n) is 4.77. The predicted octanol–water partition coefficient (Wildman–Crippen LogP) is 2.07. The number of aromatic nitrogens is 1. The van der Waals surface area contributed by atoms with Crippen molar-refractivity contribution in [1.29, 1.82) is 0 Å². The molecule has 1 aliphatic heterocycles. The number of carboxylic acid groups (broad SMARTS) is 1. The Morgan fingerprint density at radius 2 is 2.00 bits per heavy atom. The van der Waals surface area contributed by atoms with Gasteiger partial charge in [0.1, 0.15) is 11.3 Å². The molecular formula is C18H17F2NO6. The van der Waals surface area contributed by atoms with Crippen LogP contribution in [-0.4, -0.2) is 39.7 Å². The van der Waals surface area contributed by atoms with Crippen LogP contribution in [0.3, 0.4) is 0 Å². The van der Waals surface area contributed by atoms with E-state index in [0.717, 1.165) is 11.6 Å². The molecule has 1 atom stereocenters. The normalized spacial score (nSPS) is 16.8. The molecule has 3 rings (SSSR count). The van der Waals surface area contributed by atoms with Crippen molar-refractivity contribution in [2.75, 3.05) is 13.2 Å². The van der Waals surface area contributed by atoms with Crippen LogP contribution >= 0.6 is 0 Å². The van der Waals surface area contributed by atoms with E-state index in [4.69, 9.17) is 9.84 Å². The predicted molar refractivity (Wildman–Crippen MR) is 90.1 cm³/mol. The van der Waals surface area contributed by atoms with Crippen molar-refractivity contribution < 1.29 is 33.3 Å². The van der Waals surface area contributed by atoms with Gasteiger partial charge in [0.15, 0.2) is 17.4 Å². The first-order chi connectivity index (χ1) is 12.7. The molecule has 1 aliphatic rings. The van der Waals surface area contributed by atoms with E-state index in [-0.39, 0.29) is 17.6 Å². The summed E-state index contributed by atoms with van der Waals surface area (Å²) in [4.78, 5) is 35.3. The van der Waals surface area contributed by atoms with Gasteiger partial charge in [0, 0.05) is 31.4 Å². The number of carbonyl (C=O) groups is 2. The number of fused-ring (bicyclic) bond motifs is 1. The Labute approximate surface area is 151 Å². The van der Waals surface area contributed by atoms with Crippen LogP contribution in [-0.2, 0) is 16.6 Å². The van der Waals surface area contributed by atoms with Crippen LogP contribution < -0.4 is 5.56 Å². The molecule has 2 N–H and O–H groups in total. The summed E-state index contributed by atoms with van der Waals surface area (Å²) in [5, 5.41) is 19.0. The number of rotatable bonds is 5. The molecule has 1 unspecified atom stereocenters. The first-order valence-corrected chi connectivity index (χ1v) is 8.30. The largest absolute Gasteiger partial charge is 0.506 e. The summed E-state index contributed by atoms with van der Waals surface area (Å²) in [5.41, 5.74) is -2.13. The number of hydrogen-bond acceptors (Lipinski definition) is 5. The lowest BCUT2D eigenvalue weighted by Gasteiger charge is -2.16. The van der Waals surface area contributed by atoms with Crippen LogP contribution in [0.15, 0.2) is 10.9 Å². The molecule has 0 amide bonds. The van der Waals surface area contributed by atoms with Crippen LogP contribution in [0.25, 0.3) is 10.9 Å². The van der Waals surface area contributed by atoms with Crippen molar-refractivity contribution in [3.8, 4) is 5.75 Å². The number of halogens is 2. The highest BCUT2D eigenvalue weighted by molar-refractivity contribution is 6.04. The van der Waals surface area contributed by atoms with Gasteiger partial charge in [-0.2, -0.15) is 0 Å². The van der Waals surface area contributed by atoms with Crippen molar-refractivity contribution in [2.24, 2.45) is 7.05 Å². The summed E-state index contributed by atoms with van der Waals surface area (Å²) in [6, 6.07) is 1.22. The van der Waals surface area contributed by atoms with Gasteiger partial charge in [-0.25, -0.2) is 8.78 Å². The fourth-order valence-corrected chi connectivity index (χ4v) is 3.32. The van der Waals surface area contributed by atoms with Crippen LogP contribution in [0, 0.1) is 11.6 Å². The monoisotopic (exact) mass is 381 g/mol. The number of Topliss-reactive ketones (excluding diaryl/α,β-unsaturated/α-hetero) is 1. The fourth-order valence-electron chi connectivity index (χ4n) is 3.32. The van der Waals surface area contributed by atoms with Crippen molar-refractivity contribution in [2.45, 2.75) is 25.2 Å². The van der Waals surface area contributed by atoms with Crippen LogP contribution in [0.4, 0.5) is 8.78 Å². The maximum absolute atomic E-state index is 14.7. The highest BCUT2D eigenvalue weighted by Gasteiger charge is 2.29. The zero-order valence-corrected chi connectivity index (χ0v) is 14.4. The second-order valence-corrected chi connectivity index (χ2v) is 6.46. The van der Waals surface area contributed by atoms with Gasteiger partial charge >= 0.3 is 5.97 Å². The molecule has 1 aromatic heterocycles. The van der Waals surface area contributed by atoms with E-state index in [1.54, 1.807) is 0 Å². The molecule has 1 saturated heterocycles. The highest BCUT2D eigenvalue weighted by atomic mass is 19.2. The maximum atomic E-state index is 14.7. The summed E-state index contributed by atoms with van der Waals surface area (Å²) < 4.78 is 35.1. The lowest BCUT2D eigenvalue weighted by atomic mass is 9.94. The standard InChI is InChI=1S/C18H17F2NO6/c1-21-16-10(6-9(14(19)15(16)20)8-4-5-27-7-8)17(25)13(18(21)26)11(22)2-3-12(23)24/h6,8,25H,2-5,7H2,1H3,(H,23,24). The summed E-state index contributed by atoms with van der Waals surface area (Å²) in [6.07, 6.45) is -0.558. The molecule has 9 heteroatoms. The van der Waals surface area contributed by atoms with E-state index >= 15 is 0 Å². The smallest absolute Gasteiger partial charge is 0.303 e. The SMILES string of the molecule is Cn1c(=O)c(C(=O)CCC(=O)O)c(O)c2cc(C3CCOC3)c(F)c(F)c21. The average molecular weight is 381 g/mol. The number of aliphatic carboxylic acids is 1. The van der Waals surface area contributed by atoms with E-state index in [1.807, 2.05) is 0 Å². The van der Waals surface area contributed by atoms with Gasteiger partial charge in [-0.05, 0) is 18.1 Å². The number of aromatic hydroxyl groups is 1. The second-order valence-electron chi connectivity index (χ2n) is 6.46. The van der Waals surface area contributed by atoms with E-state index < -0.39 is 64.5 Å². The number of carbonyl (C=O) groups excluding carboxylic acids is 1. The molecule has 1 aromatic carbocycles. The Morgan fingerprint density at radius 3 is 2.59 bits per heavy atom. The lowest BCUT2D eigenvalue weighted by Crippen LogP contribution is -2.26. The van der Waals surface area contributed by atoms with Gasteiger partial charge in [0.05, 0.1) is 18.5 Å². The molecule has 27 heavy (non-hydrogen) atoms. The summed E-state index contributed by atoms with van der Waals surface area (Å²) in [5.74, 6) is -5.73. The summed E-state index contributed by atoms with van der Waals surface area (Å²) in [7, 11) is 1.15. The number of ether oxygens (including phenoxy) is 1. The van der Waals surface area contributed by atoms with Gasteiger partial charge in [-0.3, -0.25) is 14.4 Å². The molecule has 0 radical (unpaired) electrons. The highest BCUT2D eigenvalue weighted by Crippen LogP contribution is 2.36. The van der Waals surface area contributed by atoms with Crippen molar-refractivity contribution >= 4 is 22.7 Å². The molecule has 2 heterocycles. The topological polar surface area (TPSA) is 106 Å². The number of aryl methyl sites for hydroxylation is 1. The molecular weight excluding hydrogens is 364 g/mol. The van der Waals surface area contributed by atoms with Crippen LogP contribution in [0.2, 0.25) is 0 Å². The van der Waals surface area contributed by atoms with E-state index in [9.17, 15) is 28.3 Å². The van der Waals surface area contributed by atoms with Crippen molar-refractivity contribution in [3.63, 3.8) is 0 Å². The van der Waals surface area contributed by atoms with Gasteiger partial charge in [0.2, 0.25) is 0 Å². The fraction of sp³-hybridized carbons (Fsp3) is 0.389. The molecule has 0 aliphatic carbocycles. The third kappa shape index (κ3) is 3.18. The second kappa shape index (κ2) is 7.07. The first-order valence-electron chi connectivity index (χ1n) is 8.30. The van der Waals surface area contributed by atoms with Gasteiger partial charge in [-0.15, -0.1) is 0 Å². The van der Waals surface area contributed by atoms with Crippen LogP contribution in [0.1, 0.15) is 41.1 Å². The Morgan fingerprint density at radius 1 is 1.30 bits per heavy atom. The Hall–Kier alpha value is -2.81. The molecule has 0 bridgehead atoms. The minimum atomic E-state index is -1.30. The zero-order valence-electron chi connectivity index (χ0n) is 14.4. The molecule has 144 valence electrons. The molecule has 2 aromatic rings. The number of benzene rings is 1. The number of ketones is 1. The lowest BCUT2D eigenvalue weighted by molar-refractivity contribution is -0.136. The number of nitrogens with zero attached hydrogens (tertiary/aromatic N) is 1. The minimum absolute atomic E-state index is 0.00427. The maximum Gasteiger partial charge on any atom is 0.303 e. The van der Waals surface area contributed by atoms with E-state index in [2.05, 4.69) is 0 Å². The van der Waals surface area contributed by atoms with Gasteiger partial charge in [-0.1, -0.05) is 0 Å². The molecule has 0 saturated carbocycles. The molecule has 1 fully saturated rings. The quantitative estimate of drug-likeness (QED) is 0.768. The van der Waals surface area contributed by atoms with Crippen molar-refractivity contribution in [1.82, 2.24) is 4.57 Å². The molecule has 0 spiro atoms. The number of hydrogen-bond donors (Lipinski definition) is 2. The van der Waals surface area contributed by atoms with Gasteiger partial charge in [0.25, 0.3) is 5.56 Å². The van der Waals surface area contributed by atoms with Crippen molar-refractivity contribution in [3.05, 3.63) is 39.2 Å². The number of pyridine rings is 1. The van der Waals surface area contributed by atoms with E-state index in [0.29, 0.717) is 13.0 Å². The zero-order chi connectivity index (χ0) is 19.9. The first kappa shape index (κ1) is 19.0.